The lowest BCUT2D eigenvalue weighted by Crippen LogP contribution is -2.31. The Bertz CT molecular complexity index is 932. The van der Waals surface area contributed by atoms with Crippen LogP contribution >= 0.6 is 0 Å². The molecule has 7 heteroatoms. The summed E-state index contributed by atoms with van der Waals surface area (Å²) in [6.07, 6.45) is 7.23. The van der Waals surface area contributed by atoms with Gasteiger partial charge in [0.1, 0.15) is 11.6 Å². The van der Waals surface area contributed by atoms with Crippen LogP contribution in [0.5, 0.6) is 5.75 Å². The fraction of sp³-hybridized carbons (Fsp3) is 0.286. The number of halogens is 1. The van der Waals surface area contributed by atoms with Gasteiger partial charge in [0.05, 0.1) is 18.0 Å². The quantitative estimate of drug-likeness (QED) is 0.477. The van der Waals surface area contributed by atoms with Crippen LogP contribution in [0.1, 0.15) is 18.4 Å². The van der Waals surface area contributed by atoms with Crippen molar-refractivity contribution in [3.05, 3.63) is 59.9 Å². The minimum Gasteiger partial charge on any atom is -0.494 e. The lowest BCUT2D eigenvalue weighted by molar-refractivity contribution is -0.131. The molecule has 2 rings (SSSR count). The van der Waals surface area contributed by atoms with Crippen molar-refractivity contribution in [1.29, 1.82) is 0 Å². The van der Waals surface area contributed by atoms with Crippen LogP contribution in [0.15, 0.2) is 53.4 Å². The van der Waals surface area contributed by atoms with Crippen molar-refractivity contribution in [3.63, 3.8) is 0 Å². The second kappa shape index (κ2) is 9.90. The predicted octanol–water partition coefficient (Wildman–Crippen LogP) is 3.05. The second-order valence-electron chi connectivity index (χ2n) is 6.28. The molecular weight excluding hydrogens is 381 g/mol. The molecule has 5 nitrogen and oxygen atoms in total. The molecule has 0 fully saturated rings. The summed E-state index contributed by atoms with van der Waals surface area (Å²) >= 11 is 0. The molecular formula is C21H22FNO4S. The van der Waals surface area contributed by atoms with Crippen LogP contribution in [0, 0.1) is 18.2 Å². The molecule has 0 unspecified atom stereocenters. The molecule has 0 heterocycles. The first kappa shape index (κ1) is 21.5. The summed E-state index contributed by atoms with van der Waals surface area (Å²) in [5, 5.41) is 0. The summed E-state index contributed by atoms with van der Waals surface area (Å²) in [4.78, 5) is 14.2. The Morgan fingerprint density at radius 3 is 2.36 bits per heavy atom. The van der Waals surface area contributed by atoms with Crippen LogP contribution in [0.2, 0.25) is 0 Å². The number of benzene rings is 2. The van der Waals surface area contributed by atoms with E-state index in [1.54, 1.807) is 24.3 Å². The SMILES string of the molecule is C#CCN(Cc1ccc(F)cc1)C(=O)CCCOc1ccc(S(C)(=O)=O)cc1. The Morgan fingerprint density at radius 2 is 1.79 bits per heavy atom. The number of terminal acetylenes is 1. The third-order valence-electron chi connectivity index (χ3n) is 3.98. The van der Waals surface area contributed by atoms with Gasteiger partial charge in [-0.2, -0.15) is 0 Å². The van der Waals surface area contributed by atoms with Crippen molar-refractivity contribution in [1.82, 2.24) is 4.90 Å². The molecule has 0 aliphatic rings. The van der Waals surface area contributed by atoms with E-state index in [2.05, 4.69) is 5.92 Å². The van der Waals surface area contributed by atoms with Crippen molar-refractivity contribution in [3.8, 4) is 18.1 Å². The maximum atomic E-state index is 13.0. The zero-order chi connectivity index (χ0) is 20.6. The minimum absolute atomic E-state index is 0.113. The van der Waals surface area contributed by atoms with Gasteiger partial charge >= 0.3 is 0 Å². The Balaban J connectivity index is 1.82. The number of ether oxygens (including phenoxy) is 1. The summed E-state index contributed by atoms with van der Waals surface area (Å²) in [7, 11) is -3.24. The summed E-state index contributed by atoms with van der Waals surface area (Å²) in [6, 6.07) is 12.0. The number of rotatable bonds is 9. The van der Waals surface area contributed by atoms with Gasteiger partial charge < -0.3 is 9.64 Å². The maximum Gasteiger partial charge on any atom is 0.223 e. The van der Waals surface area contributed by atoms with Crippen molar-refractivity contribution in [2.24, 2.45) is 0 Å². The molecule has 0 radical (unpaired) electrons. The van der Waals surface area contributed by atoms with Crippen LogP contribution in [0.25, 0.3) is 0 Å². The molecule has 2 aromatic rings. The zero-order valence-electron chi connectivity index (χ0n) is 15.6. The van der Waals surface area contributed by atoms with Gasteiger partial charge in [-0.1, -0.05) is 18.1 Å². The molecule has 148 valence electrons. The van der Waals surface area contributed by atoms with Gasteiger partial charge in [0.15, 0.2) is 9.84 Å². The van der Waals surface area contributed by atoms with E-state index >= 15 is 0 Å². The topological polar surface area (TPSA) is 63.7 Å². The molecule has 0 aromatic heterocycles. The monoisotopic (exact) mass is 403 g/mol. The van der Waals surface area contributed by atoms with E-state index in [4.69, 9.17) is 11.2 Å². The van der Waals surface area contributed by atoms with E-state index in [0.717, 1.165) is 11.8 Å². The van der Waals surface area contributed by atoms with Crippen molar-refractivity contribution < 1.29 is 22.3 Å². The standard InChI is InChI=1S/C21H22FNO4S/c1-3-14-23(16-17-6-8-18(22)9-7-17)21(24)5-4-15-27-19-10-12-20(13-11-19)28(2,25)26/h1,6-13H,4-5,14-16H2,2H3. The van der Waals surface area contributed by atoms with Gasteiger partial charge in [-0.3, -0.25) is 4.79 Å². The lowest BCUT2D eigenvalue weighted by atomic mass is 10.2. The molecule has 0 spiro atoms. The Morgan fingerprint density at radius 1 is 1.14 bits per heavy atom. The largest absolute Gasteiger partial charge is 0.494 e. The Hall–Kier alpha value is -2.85. The molecule has 0 bridgehead atoms. The number of sulfone groups is 1. The molecule has 0 N–H and O–H groups in total. The van der Waals surface area contributed by atoms with E-state index in [-0.39, 0.29) is 29.6 Å². The average Bonchev–Trinajstić information content (AvgIpc) is 2.66. The third-order valence-corrected chi connectivity index (χ3v) is 5.11. The Labute approximate surface area is 165 Å². The first-order chi connectivity index (χ1) is 13.3. The highest BCUT2D eigenvalue weighted by Gasteiger charge is 2.13. The van der Waals surface area contributed by atoms with Gasteiger partial charge in [-0.15, -0.1) is 6.42 Å². The Kier molecular flexibility index (Phi) is 7.59. The summed E-state index contributed by atoms with van der Waals surface area (Å²) < 4.78 is 41.4. The maximum absolute atomic E-state index is 13.0. The first-order valence-electron chi connectivity index (χ1n) is 8.68. The van der Waals surface area contributed by atoms with Crippen molar-refractivity contribution >= 4 is 15.7 Å². The molecule has 0 saturated heterocycles. The van der Waals surface area contributed by atoms with Gasteiger partial charge in [0, 0.05) is 19.2 Å². The van der Waals surface area contributed by atoms with E-state index < -0.39 is 9.84 Å². The summed E-state index contributed by atoms with van der Waals surface area (Å²) in [5.74, 6) is 2.55. The van der Waals surface area contributed by atoms with E-state index in [0.29, 0.717) is 25.3 Å². The van der Waals surface area contributed by atoms with Crippen LogP contribution in [0.3, 0.4) is 0 Å². The minimum atomic E-state index is -3.24. The van der Waals surface area contributed by atoms with Crippen LogP contribution in [-0.4, -0.2) is 38.6 Å². The number of hydrogen-bond donors (Lipinski definition) is 0. The summed E-state index contributed by atoms with van der Waals surface area (Å²) in [5.41, 5.74) is 0.798. The zero-order valence-corrected chi connectivity index (χ0v) is 16.4. The van der Waals surface area contributed by atoms with Gasteiger partial charge in [0.25, 0.3) is 0 Å². The predicted molar refractivity (Wildman–Crippen MR) is 105 cm³/mol. The van der Waals surface area contributed by atoms with Crippen molar-refractivity contribution in [2.45, 2.75) is 24.3 Å². The number of amides is 1. The first-order valence-corrected chi connectivity index (χ1v) is 10.6. The van der Waals surface area contributed by atoms with Gasteiger partial charge in [0.2, 0.25) is 5.91 Å². The molecule has 2 aromatic carbocycles. The van der Waals surface area contributed by atoms with Gasteiger partial charge in [-0.25, -0.2) is 12.8 Å². The number of nitrogens with zero attached hydrogens (tertiary/aromatic N) is 1. The third kappa shape index (κ3) is 6.71. The smallest absolute Gasteiger partial charge is 0.223 e. The number of carbonyl (C=O) groups is 1. The molecule has 0 aliphatic carbocycles. The number of carbonyl (C=O) groups excluding carboxylic acids is 1. The van der Waals surface area contributed by atoms with Crippen LogP contribution in [0.4, 0.5) is 4.39 Å². The highest BCUT2D eigenvalue weighted by molar-refractivity contribution is 7.90. The highest BCUT2D eigenvalue weighted by Crippen LogP contribution is 2.16. The van der Waals surface area contributed by atoms with Crippen LogP contribution in [-0.2, 0) is 21.2 Å². The summed E-state index contributed by atoms with van der Waals surface area (Å²) in [6.45, 7) is 0.797. The fourth-order valence-electron chi connectivity index (χ4n) is 2.51. The van der Waals surface area contributed by atoms with E-state index in [1.807, 2.05) is 0 Å². The van der Waals surface area contributed by atoms with E-state index in [9.17, 15) is 17.6 Å². The molecule has 0 aliphatic heterocycles. The van der Waals surface area contributed by atoms with Crippen molar-refractivity contribution in [2.75, 3.05) is 19.4 Å². The molecule has 1 amide bonds. The molecule has 0 saturated carbocycles. The normalized spacial score (nSPS) is 10.9. The van der Waals surface area contributed by atoms with Gasteiger partial charge in [-0.05, 0) is 48.4 Å². The van der Waals surface area contributed by atoms with Crippen LogP contribution < -0.4 is 4.74 Å². The molecule has 0 atom stereocenters. The lowest BCUT2D eigenvalue weighted by Gasteiger charge is -2.20. The average molecular weight is 403 g/mol. The molecule has 28 heavy (non-hydrogen) atoms. The number of hydrogen-bond acceptors (Lipinski definition) is 4. The second-order valence-corrected chi connectivity index (χ2v) is 8.29. The van der Waals surface area contributed by atoms with E-state index in [1.165, 1.54) is 29.2 Å². The highest BCUT2D eigenvalue weighted by atomic mass is 32.2. The fourth-order valence-corrected chi connectivity index (χ4v) is 3.14.